The van der Waals surface area contributed by atoms with E-state index in [4.69, 9.17) is 16.7 Å². The zero-order chi connectivity index (χ0) is 13.3. The maximum Gasteiger partial charge on any atom is 0.238 e. The monoisotopic (exact) mass is 285 g/mol. The van der Waals surface area contributed by atoms with E-state index in [0.29, 0.717) is 11.1 Å². The summed E-state index contributed by atoms with van der Waals surface area (Å²) in [6.45, 7) is 0. The Morgan fingerprint density at radius 1 is 1.06 bits per heavy atom. The van der Waals surface area contributed by atoms with Gasteiger partial charge in [0.05, 0.1) is 9.92 Å². The first-order valence-electron chi connectivity index (χ1n) is 4.96. The molecule has 0 aliphatic carbocycles. The molecular weight excluding hydrogens is 277 g/mol. The molecule has 2 rings (SSSR count). The minimum Gasteiger partial charge on any atom is -0.225 e. The van der Waals surface area contributed by atoms with Crippen LogP contribution in [-0.2, 0) is 10.0 Å². The van der Waals surface area contributed by atoms with Crippen LogP contribution in [0, 0.1) is 5.82 Å². The predicted octanol–water partition coefficient (Wildman–Crippen LogP) is 2.79. The summed E-state index contributed by atoms with van der Waals surface area (Å²) in [5, 5.41) is 5.25. The molecule has 0 amide bonds. The molecule has 2 aromatic carbocycles. The molecule has 0 unspecified atom stereocenters. The van der Waals surface area contributed by atoms with Gasteiger partial charge >= 0.3 is 0 Å². The van der Waals surface area contributed by atoms with Gasteiger partial charge in [-0.2, -0.15) is 0 Å². The summed E-state index contributed by atoms with van der Waals surface area (Å²) in [5.41, 5.74) is 1.31. The first-order valence-corrected chi connectivity index (χ1v) is 6.88. The highest BCUT2D eigenvalue weighted by Crippen LogP contribution is 2.28. The van der Waals surface area contributed by atoms with Gasteiger partial charge in [0.15, 0.2) is 0 Å². The molecular formula is C12H9ClFNO2S. The summed E-state index contributed by atoms with van der Waals surface area (Å²) in [6.07, 6.45) is 0. The second-order valence-corrected chi connectivity index (χ2v) is 5.66. The molecule has 94 valence electrons. The third-order valence-electron chi connectivity index (χ3n) is 2.42. The number of hydrogen-bond donors (Lipinski definition) is 1. The maximum atomic E-state index is 12.9. The van der Waals surface area contributed by atoms with Crippen LogP contribution < -0.4 is 5.14 Å². The smallest absolute Gasteiger partial charge is 0.225 e. The Balaban J connectivity index is 2.47. The van der Waals surface area contributed by atoms with E-state index in [1.54, 1.807) is 12.1 Å². The lowest BCUT2D eigenvalue weighted by atomic mass is 10.1. The Morgan fingerprint density at radius 3 is 2.17 bits per heavy atom. The number of rotatable bonds is 2. The summed E-state index contributed by atoms with van der Waals surface area (Å²) in [5.74, 6) is -0.426. The summed E-state index contributed by atoms with van der Waals surface area (Å²) in [7, 11) is -3.71. The van der Waals surface area contributed by atoms with E-state index in [2.05, 4.69) is 0 Å². The SMILES string of the molecule is NS(=O)(=O)c1ccc(-c2ccc(F)cc2Cl)cc1. The highest BCUT2D eigenvalue weighted by molar-refractivity contribution is 7.89. The van der Waals surface area contributed by atoms with E-state index in [1.165, 1.54) is 30.3 Å². The Morgan fingerprint density at radius 2 is 1.67 bits per heavy atom. The largest absolute Gasteiger partial charge is 0.238 e. The van der Waals surface area contributed by atoms with E-state index in [1.807, 2.05) is 0 Å². The highest BCUT2D eigenvalue weighted by Gasteiger charge is 2.09. The molecule has 0 atom stereocenters. The van der Waals surface area contributed by atoms with Crippen molar-refractivity contribution in [2.45, 2.75) is 4.90 Å². The summed E-state index contributed by atoms with van der Waals surface area (Å²) in [4.78, 5) is 0.0180. The quantitative estimate of drug-likeness (QED) is 0.922. The lowest BCUT2D eigenvalue weighted by Crippen LogP contribution is -2.11. The van der Waals surface area contributed by atoms with Gasteiger partial charge in [-0.05, 0) is 35.9 Å². The van der Waals surface area contributed by atoms with Crippen LogP contribution in [0.1, 0.15) is 0 Å². The van der Waals surface area contributed by atoms with E-state index >= 15 is 0 Å². The third kappa shape index (κ3) is 2.69. The van der Waals surface area contributed by atoms with Crippen molar-refractivity contribution in [3.63, 3.8) is 0 Å². The summed E-state index contributed by atoms with van der Waals surface area (Å²) < 4.78 is 35.1. The Hall–Kier alpha value is -1.43. The minimum atomic E-state index is -3.71. The van der Waals surface area contributed by atoms with Gasteiger partial charge in [0.25, 0.3) is 0 Å². The molecule has 0 heterocycles. The molecule has 0 aromatic heterocycles. The fourth-order valence-electron chi connectivity index (χ4n) is 1.55. The van der Waals surface area contributed by atoms with Gasteiger partial charge < -0.3 is 0 Å². The van der Waals surface area contributed by atoms with Crippen LogP contribution in [0.5, 0.6) is 0 Å². The van der Waals surface area contributed by atoms with Crippen molar-refractivity contribution in [3.05, 3.63) is 53.3 Å². The van der Waals surface area contributed by atoms with E-state index in [0.717, 1.165) is 0 Å². The van der Waals surface area contributed by atoms with Gasteiger partial charge in [-0.25, -0.2) is 17.9 Å². The maximum absolute atomic E-state index is 12.9. The third-order valence-corrected chi connectivity index (χ3v) is 3.67. The Bertz CT molecular complexity index is 684. The molecule has 0 bridgehead atoms. The Kier molecular flexibility index (Phi) is 3.38. The standard InChI is InChI=1S/C12H9ClFNO2S/c13-12-7-9(14)3-6-11(12)8-1-4-10(5-2-8)18(15,16)17/h1-7H,(H2,15,16,17). The molecule has 0 saturated carbocycles. The van der Waals surface area contributed by atoms with E-state index < -0.39 is 15.8 Å². The molecule has 0 aliphatic heterocycles. The number of benzene rings is 2. The van der Waals surface area contributed by atoms with Gasteiger partial charge in [0.2, 0.25) is 10.0 Å². The van der Waals surface area contributed by atoms with Gasteiger partial charge in [-0.15, -0.1) is 0 Å². The summed E-state index contributed by atoms with van der Waals surface area (Å²) >= 11 is 5.91. The molecule has 3 nitrogen and oxygen atoms in total. The van der Waals surface area contributed by atoms with Gasteiger partial charge in [0.1, 0.15) is 5.82 Å². The van der Waals surface area contributed by atoms with Crippen LogP contribution in [0.2, 0.25) is 5.02 Å². The molecule has 2 N–H and O–H groups in total. The first-order chi connectivity index (χ1) is 8.38. The topological polar surface area (TPSA) is 60.2 Å². The van der Waals surface area contributed by atoms with E-state index in [9.17, 15) is 12.8 Å². The fourth-order valence-corrected chi connectivity index (χ4v) is 2.34. The van der Waals surface area contributed by atoms with Crippen molar-refractivity contribution >= 4 is 21.6 Å². The first kappa shape index (κ1) is 13.0. The van der Waals surface area contributed by atoms with Crippen molar-refractivity contribution < 1.29 is 12.8 Å². The lowest BCUT2D eigenvalue weighted by Gasteiger charge is -2.05. The molecule has 18 heavy (non-hydrogen) atoms. The minimum absolute atomic E-state index is 0.0180. The fraction of sp³-hybridized carbons (Fsp3) is 0. The van der Waals surface area contributed by atoms with Crippen molar-refractivity contribution in [2.75, 3.05) is 0 Å². The molecule has 6 heteroatoms. The zero-order valence-electron chi connectivity index (χ0n) is 9.10. The van der Waals surface area contributed by atoms with Crippen molar-refractivity contribution in [1.82, 2.24) is 0 Å². The average molecular weight is 286 g/mol. The summed E-state index contributed by atoms with van der Waals surface area (Å²) in [6, 6.07) is 9.91. The molecule has 0 radical (unpaired) electrons. The second kappa shape index (κ2) is 4.68. The van der Waals surface area contributed by atoms with Gasteiger partial charge in [-0.3, -0.25) is 0 Å². The molecule has 0 fully saturated rings. The highest BCUT2D eigenvalue weighted by atomic mass is 35.5. The van der Waals surface area contributed by atoms with E-state index in [-0.39, 0.29) is 9.92 Å². The number of sulfonamides is 1. The molecule has 0 aliphatic rings. The second-order valence-electron chi connectivity index (χ2n) is 3.69. The Labute approximate surface area is 109 Å². The van der Waals surface area contributed by atoms with Crippen LogP contribution in [0.3, 0.4) is 0 Å². The number of hydrogen-bond acceptors (Lipinski definition) is 2. The molecule has 2 aromatic rings. The number of nitrogens with two attached hydrogens (primary N) is 1. The van der Waals surface area contributed by atoms with Crippen LogP contribution in [-0.4, -0.2) is 8.42 Å². The molecule has 0 saturated heterocycles. The van der Waals surface area contributed by atoms with Crippen molar-refractivity contribution in [1.29, 1.82) is 0 Å². The van der Waals surface area contributed by atoms with Crippen molar-refractivity contribution in [3.8, 4) is 11.1 Å². The predicted molar refractivity (Wildman–Crippen MR) is 68.2 cm³/mol. The number of primary sulfonamides is 1. The lowest BCUT2D eigenvalue weighted by molar-refractivity contribution is 0.598. The zero-order valence-corrected chi connectivity index (χ0v) is 10.7. The normalized spacial score (nSPS) is 11.5. The number of halogens is 2. The van der Waals surface area contributed by atoms with Crippen molar-refractivity contribution in [2.24, 2.45) is 5.14 Å². The average Bonchev–Trinajstić information content (AvgIpc) is 2.28. The van der Waals surface area contributed by atoms with Gasteiger partial charge in [0, 0.05) is 5.56 Å². The molecule has 0 spiro atoms. The van der Waals surface area contributed by atoms with Crippen LogP contribution in [0.15, 0.2) is 47.4 Å². The van der Waals surface area contributed by atoms with Crippen LogP contribution in [0.4, 0.5) is 4.39 Å². The van der Waals surface area contributed by atoms with Crippen LogP contribution >= 0.6 is 11.6 Å². The van der Waals surface area contributed by atoms with Gasteiger partial charge in [-0.1, -0.05) is 23.7 Å². The van der Waals surface area contributed by atoms with Crippen LogP contribution in [0.25, 0.3) is 11.1 Å².